The van der Waals surface area contributed by atoms with E-state index in [-0.39, 0.29) is 19.4 Å². The van der Waals surface area contributed by atoms with Crippen LogP contribution in [0.3, 0.4) is 0 Å². The summed E-state index contributed by atoms with van der Waals surface area (Å²) in [6.07, 6.45) is -0.633. The Bertz CT molecular complexity index is 1000. The summed E-state index contributed by atoms with van der Waals surface area (Å²) in [5, 5.41) is 4.58. The van der Waals surface area contributed by atoms with Gasteiger partial charge in [-0.05, 0) is 32.8 Å². The van der Waals surface area contributed by atoms with Crippen molar-refractivity contribution in [2.24, 2.45) is 0 Å². The van der Waals surface area contributed by atoms with Gasteiger partial charge in [-0.3, -0.25) is 9.78 Å². The summed E-state index contributed by atoms with van der Waals surface area (Å²) >= 11 is 0. The second-order valence-electron chi connectivity index (χ2n) is 7.79. The molecule has 0 bridgehead atoms. The van der Waals surface area contributed by atoms with E-state index in [0.717, 1.165) is 5.56 Å². The van der Waals surface area contributed by atoms with Gasteiger partial charge < -0.3 is 20.1 Å². The van der Waals surface area contributed by atoms with Crippen LogP contribution >= 0.6 is 0 Å². The number of alkyl carbamates (subject to hydrolysis) is 1. The van der Waals surface area contributed by atoms with Crippen LogP contribution in [-0.2, 0) is 25.7 Å². The van der Waals surface area contributed by atoms with Crippen molar-refractivity contribution in [3.8, 4) is 0 Å². The molecular formula is C21H25FN4O6. The first-order valence-electron chi connectivity index (χ1n) is 9.78. The number of H-pyrrole nitrogens is 1. The van der Waals surface area contributed by atoms with Crippen molar-refractivity contribution in [2.45, 2.75) is 51.9 Å². The number of halogens is 1. The Hall–Kier alpha value is -3.76. The lowest BCUT2D eigenvalue weighted by molar-refractivity contribution is -0.147. The Balaban J connectivity index is 2.01. The molecule has 172 valence electrons. The third kappa shape index (κ3) is 8.54. The van der Waals surface area contributed by atoms with E-state index >= 15 is 0 Å². The van der Waals surface area contributed by atoms with Crippen molar-refractivity contribution < 1.29 is 28.2 Å². The quantitative estimate of drug-likeness (QED) is 0.526. The summed E-state index contributed by atoms with van der Waals surface area (Å²) in [5.74, 6) is -2.84. The molecule has 1 atom stereocenters. The van der Waals surface area contributed by atoms with Gasteiger partial charge in [-0.1, -0.05) is 30.3 Å². The van der Waals surface area contributed by atoms with Gasteiger partial charge in [-0.25, -0.2) is 18.8 Å². The SMILES string of the molecule is CC(C)(C)OC(=O)N[C@@H](CCC(=O)Nc1[nH]c(=O)ncc1F)C(=O)OCc1ccccc1. The second-order valence-corrected chi connectivity index (χ2v) is 7.79. The molecule has 0 saturated carbocycles. The molecule has 2 amide bonds. The molecule has 0 aliphatic rings. The zero-order chi connectivity index (χ0) is 23.7. The molecule has 1 aromatic carbocycles. The van der Waals surface area contributed by atoms with Gasteiger partial charge in [0, 0.05) is 6.42 Å². The molecule has 0 aliphatic carbocycles. The highest BCUT2D eigenvalue weighted by Crippen LogP contribution is 2.11. The Morgan fingerprint density at radius 1 is 1.19 bits per heavy atom. The highest BCUT2D eigenvalue weighted by atomic mass is 19.1. The molecule has 0 spiro atoms. The number of anilines is 1. The Kier molecular flexibility index (Phi) is 8.45. The third-order valence-corrected chi connectivity index (χ3v) is 3.89. The molecular weight excluding hydrogens is 423 g/mol. The zero-order valence-electron chi connectivity index (χ0n) is 17.9. The largest absolute Gasteiger partial charge is 0.459 e. The maximum absolute atomic E-state index is 13.7. The summed E-state index contributed by atoms with van der Waals surface area (Å²) in [6, 6.07) is 7.72. The van der Waals surface area contributed by atoms with Crippen molar-refractivity contribution in [3.63, 3.8) is 0 Å². The number of hydrogen-bond donors (Lipinski definition) is 3. The number of carbonyl (C=O) groups is 3. The third-order valence-electron chi connectivity index (χ3n) is 3.89. The summed E-state index contributed by atoms with van der Waals surface area (Å²) in [4.78, 5) is 53.3. The van der Waals surface area contributed by atoms with Gasteiger partial charge in [0.2, 0.25) is 5.91 Å². The van der Waals surface area contributed by atoms with Gasteiger partial charge in [-0.2, -0.15) is 4.98 Å². The van der Waals surface area contributed by atoms with Crippen LogP contribution in [-0.4, -0.2) is 39.6 Å². The molecule has 11 heteroatoms. The van der Waals surface area contributed by atoms with E-state index in [9.17, 15) is 23.6 Å². The Morgan fingerprint density at radius 2 is 1.88 bits per heavy atom. The van der Waals surface area contributed by atoms with Gasteiger partial charge in [0.15, 0.2) is 11.6 Å². The van der Waals surface area contributed by atoms with Crippen LogP contribution in [0.5, 0.6) is 0 Å². The molecule has 0 unspecified atom stereocenters. The highest BCUT2D eigenvalue weighted by molar-refractivity contribution is 5.90. The maximum Gasteiger partial charge on any atom is 0.408 e. The lowest BCUT2D eigenvalue weighted by Crippen LogP contribution is -2.44. The minimum Gasteiger partial charge on any atom is -0.459 e. The number of esters is 1. The summed E-state index contributed by atoms with van der Waals surface area (Å²) in [7, 11) is 0. The van der Waals surface area contributed by atoms with Crippen molar-refractivity contribution in [1.82, 2.24) is 15.3 Å². The molecule has 0 fully saturated rings. The van der Waals surface area contributed by atoms with Crippen LogP contribution in [0.15, 0.2) is 41.3 Å². The van der Waals surface area contributed by atoms with E-state index in [0.29, 0.717) is 6.20 Å². The highest BCUT2D eigenvalue weighted by Gasteiger charge is 2.26. The number of benzene rings is 1. The first kappa shape index (κ1) is 24.5. The molecule has 2 rings (SSSR count). The van der Waals surface area contributed by atoms with Crippen molar-refractivity contribution in [2.75, 3.05) is 5.32 Å². The van der Waals surface area contributed by atoms with Crippen molar-refractivity contribution in [1.29, 1.82) is 0 Å². The smallest absolute Gasteiger partial charge is 0.408 e. The molecule has 1 heterocycles. The van der Waals surface area contributed by atoms with Gasteiger partial charge in [-0.15, -0.1) is 0 Å². The van der Waals surface area contributed by atoms with E-state index in [4.69, 9.17) is 9.47 Å². The minimum absolute atomic E-state index is 0.0260. The van der Waals surface area contributed by atoms with Gasteiger partial charge in [0.25, 0.3) is 0 Å². The first-order chi connectivity index (χ1) is 15.0. The number of nitrogens with zero attached hydrogens (tertiary/aromatic N) is 1. The number of rotatable bonds is 8. The standard InChI is InChI=1S/C21H25FN4O6/c1-21(2,3)32-20(30)24-15(18(28)31-12-13-7-5-4-6-8-13)9-10-16(27)25-17-14(22)11-23-19(29)26-17/h4-8,11,15H,9-10,12H2,1-3H3,(H,24,30)(H2,23,25,26,27,29)/t15-/m0/s1. The number of amides is 2. The topological polar surface area (TPSA) is 139 Å². The predicted octanol–water partition coefficient (Wildman–Crippen LogP) is 2.26. The number of nitrogens with one attached hydrogen (secondary N) is 3. The normalized spacial score (nSPS) is 11.9. The van der Waals surface area contributed by atoms with Gasteiger partial charge >= 0.3 is 17.8 Å². The fraction of sp³-hybridized carbons (Fsp3) is 0.381. The van der Waals surface area contributed by atoms with Crippen LogP contribution in [0.2, 0.25) is 0 Å². The number of carbonyl (C=O) groups excluding carboxylic acids is 3. The van der Waals surface area contributed by atoms with Gasteiger partial charge in [0.05, 0.1) is 6.20 Å². The molecule has 0 aliphatic heterocycles. The number of aromatic amines is 1. The average Bonchev–Trinajstić information content (AvgIpc) is 2.71. The van der Waals surface area contributed by atoms with Crippen molar-refractivity contribution >= 4 is 23.8 Å². The van der Waals surface area contributed by atoms with E-state index < -0.39 is 46.9 Å². The maximum atomic E-state index is 13.7. The first-order valence-corrected chi connectivity index (χ1v) is 9.78. The minimum atomic E-state index is -1.19. The van der Waals surface area contributed by atoms with Crippen molar-refractivity contribution in [3.05, 3.63) is 58.4 Å². The summed E-state index contributed by atoms with van der Waals surface area (Å²) < 4.78 is 24.1. The zero-order valence-corrected chi connectivity index (χ0v) is 17.9. The number of hydrogen-bond acceptors (Lipinski definition) is 7. The molecule has 1 aromatic heterocycles. The fourth-order valence-corrected chi connectivity index (χ4v) is 2.48. The van der Waals surface area contributed by atoms with Crippen LogP contribution in [0.1, 0.15) is 39.2 Å². The van der Waals surface area contributed by atoms with Crippen LogP contribution in [0, 0.1) is 5.82 Å². The van der Waals surface area contributed by atoms with Gasteiger partial charge in [0.1, 0.15) is 18.2 Å². The van der Waals surface area contributed by atoms with E-state index in [2.05, 4.69) is 20.6 Å². The molecule has 0 radical (unpaired) electrons. The number of aromatic nitrogens is 2. The summed E-state index contributed by atoms with van der Waals surface area (Å²) in [5.41, 5.74) is -0.896. The molecule has 10 nitrogen and oxygen atoms in total. The molecule has 3 N–H and O–H groups in total. The van der Waals surface area contributed by atoms with E-state index in [1.807, 2.05) is 6.07 Å². The second kappa shape index (κ2) is 11.0. The van der Waals surface area contributed by atoms with E-state index in [1.165, 1.54) is 0 Å². The molecule has 32 heavy (non-hydrogen) atoms. The predicted molar refractivity (Wildman–Crippen MR) is 112 cm³/mol. The lowest BCUT2D eigenvalue weighted by Gasteiger charge is -2.23. The molecule has 0 saturated heterocycles. The van der Waals surface area contributed by atoms with Crippen LogP contribution in [0.25, 0.3) is 0 Å². The average molecular weight is 448 g/mol. The van der Waals surface area contributed by atoms with Crippen LogP contribution in [0.4, 0.5) is 15.0 Å². The molecule has 2 aromatic rings. The summed E-state index contributed by atoms with van der Waals surface area (Å²) in [6.45, 7) is 4.95. The Morgan fingerprint density at radius 3 is 2.53 bits per heavy atom. The number of ether oxygens (including phenoxy) is 2. The fourth-order valence-electron chi connectivity index (χ4n) is 2.48. The monoisotopic (exact) mass is 448 g/mol. The van der Waals surface area contributed by atoms with Crippen LogP contribution < -0.4 is 16.3 Å². The lowest BCUT2D eigenvalue weighted by atomic mass is 10.1. The van der Waals surface area contributed by atoms with E-state index in [1.54, 1.807) is 45.0 Å². The Labute approximate surface area is 183 Å².